The smallest absolute Gasteiger partial charge is 0.416 e. The summed E-state index contributed by atoms with van der Waals surface area (Å²) in [7, 11) is 1.92. The first-order valence-electron chi connectivity index (χ1n) is 14.5. The Hall–Kier alpha value is -3.53. The van der Waals surface area contributed by atoms with Crippen LogP contribution in [0.4, 0.5) is 18.0 Å². The number of piperidine rings is 1. The lowest BCUT2D eigenvalue weighted by molar-refractivity contribution is -0.137. The highest BCUT2D eigenvalue weighted by molar-refractivity contribution is 5.99. The van der Waals surface area contributed by atoms with Crippen LogP contribution in [-0.2, 0) is 24.5 Å². The van der Waals surface area contributed by atoms with Gasteiger partial charge in [0.15, 0.2) is 0 Å². The SMILES string of the molecule is Cn1c(C(=O)N2CCN(Cc3ccc(C(F)(F)F)cc3)CC2)cc2ccc(C3CCN(C(=O)OC(C)(C)C)CC3)cc21. The number of hydrogen-bond acceptors (Lipinski definition) is 4. The van der Waals surface area contributed by atoms with Crippen LogP contribution in [0.5, 0.6) is 0 Å². The molecule has 2 aliphatic rings. The van der Waals surface area contributed by atoms with Crippen molar-refractivity contribution in [2.45, 2.75) is 57.9 Å². The fourth-order valence-electron chi connectivity index (χ4n) is 5.86. The Labute approximate surface area is 244 Å². The van der Waals surface area contributed by atoms with Crippen LogP contribution < -0.4 is 0 Å². The van der Waals surface area contributed by atoms with E-state index in [1.54, 1.807) is 4.90 Å². The van der Waals surface area contributed by atoms with Crippen molar-refractivity contribution in [1.82, 2.24) is 19.3 Å². The summed E-state index contributed by atoms with van der Waals surface area (Å²) in [5, 5.41) is 1.01. The molecule has 3 heterocycles. The second kappa shape index (κ2) is 11.6. The van der Waals surface area contributed by atoms with Gasteiger partial charge in [-0.15, -0.1) is 0 Å². The van der Waals surface area contributed by atoms with E-state index in [0.717, 1.165) is 41.4 Å². The van der Waals surface area contributed by atoms with Gasteiger partial charge in [0.2, 0.25) is 0 Å². The Morgan fingerprint density at radius 1 is 0.857 bits per heavy atom. The summed E-state index contributed by atoms with van der Waals surface area (Å²) >= 11 is 0. The third kappa shape index (κ3) is 6.75. The van der Waals surface area contributed by atoms with Crippen molar-refractivity contribution in [3.05, 3.63) is 70.9 Å². The van der Waals surface area contributed by atoms with E-state index in [1.165, 1.54) is 17.7 Å². The fourth-order valence-corrected chi connectivity index (χ4v) is 5.86. The third-order valence-corrected chi connectivity index (χ3v) is 8.25. The maximum absolute atomic E-state index is 13.5. The van der Waals surface area contributed by atoms with Crippen molar-refractivity contribution < 1.29 is 27.5 Å². The molecule has 0 spiro atoms. The van der Waals surface area contributed by atoms with Crippen molar-refractivity contribution in [2.75, 3.05) is 39.3 Å². The number of nitrogens with zero attached hydrogens (tertiary/aromatic N) is 4. The van der Waals surface area contributed by atoms with Gasteiger partial charge < -0.3 is 19.1 Å². The zero-order valence-corrected chi connectivity index (χ0v) is 24.7. The number of halogens is 3. The van der Waals surface area contributed by atoms with Crippen LogP contribution in [0.2, 0.25) is 0 Å². The van der Waals surface area contributed by atoms with E-state index >= 15 is 0 Å². The molecular formula is C32H39F3N4O3. The minimum atomic E-state index is -4.34. The number of rotatable bonds is 4. The van der Waals surface area contributed by atoms with Gasteiger partial charge in [-0.1, -0.05) is 24.3 Å². The Bertz CT molecular complexity index is 1430. The number of piperazine rings is 1. The van der Waals surface area contributed by atoms with Crippen molar-refractivity contribution in [2.24, 2.45) is 7.05 Å². The van der Waals surface area contributed by atoms with Crippen LogP contribution in [0.15, 0.2) is 48.5 Å². The van der Waals surface area contributed by atoms with Gasteiger partial charge in [-0.2, -0.15) is 13.2 Å². The van der Waals surface area contributed by atoms with Crippen molar-refractivity contribution in [3.8, 4) is 0 Å². The highest BCUT2D eigenvalue weighted by Gasteiger charge is 2.31. The summed E-state index contributed by atoms with van der Waals surface area (Å²) in [5.74, 6) is 0.315. The Morgan fingerprint density at radius 2 is 1.50 bits per heavy atom. The molecule has 5 rings (SSSR count). The van der Waals surface area contributed by atoms with E-state index < -0.39 is 17.3 Å². The summed E-state index contributed by atoms with van der Waals surface area (Å²) in [4.78, 5) is 31.7. The van der Waals surface area contributed by atoms with Gasteiger partial charge in [0, 0.05) is 63.8 Å². The number of amides is 2. The molecule has 2 saturated heterocycles. The number of aryl methyl sites for hydroxylation is 1. The van der Waals surface area contributed by atoms with Gasteiger partial charge in [0.1, 0.15) is 11.3 Å². The van der Waals surface area contributed by atoms with Crippen molar-refractivity contribution in [1.29, 1.82) is 0 Å². The quantitative estimate of drug-likeness (QED) is 0.363. The van der Waals surface area contributed by atoms with E-state index in [1.807, 2.05) is 43.4 Å². The van der Waals surface area contributed by atoms with Gasteiger partial charge in [0.05, 0.1) is 5.56 Å². The summed E-state index contributed by atoms with van der Waals surface area (Å²) in [6, 6.07) is 13.6. The second-order valence-corrected chi connectivity index (χ2v) is 12.4. The number of carbonyl (C=O) groups is 2. The third-order valence-electron chi connectivity index (χ3n) is 8.25. The van der Waals surface area contributed by atoms with Gasteiger partial charge >= 0.3 is 12.3 Å². The first kappa shape index (κ1) is 29.9. The largest absolute Gasteiger partial charge is 0.444 e. The van der Waals surface area contributed by atoms with Crippen LogP contribution in [0.1, 0.15) is 66.7 Å². The first-order valence-corrected chi connectivity index (χ1v) is 14.5. The standard InChI is InChI=1S/C32H39F3N4O3/c1-31(2,3)42-30(41)39-13-11-23(12-14-39)24-7-8-25-20-28(36(4)27(25)19-24)29(40)38-17-15-37(16-18-38)21-22-5-9-26(10-6-22)32(33,34)35/h5-10,19-20,23H,11-18,21H2,1-4H3. The van der Waals surface area contributed by atoms with Gasteiger partial charge in [-0.05, 0) is 74.9 Å². The Balaban J connectivity index is 1.18. The molecule has 2 aliphatic heterocycles. The molecule has 0 aliphatic carbocycles. The lowest BCUT2D eigenvalue weighted by atomic mass is 9.89. The molecule has 42 heavy (non-hydrogen) atoms. The van der Waals surface area contributed by atoms with E-state index in [2.05, 4.69) is 23.1 Å². The number of carbonyl (C=O) groups excluding carboxylic acids is 2. The number of aromatic nitrogens is 1. The van der Waals surface area contributed by atoms with E-state index in [4.69, 9.17) is 4.74 Å². The van der Waals surface area contributed by atoms with Crippen LogP contribution >= 0.6 is 0 Å². The summed E-state index contributed by atoms with van der Waals surface area (Å²) in [6.45, 7) is 9.90. The Morgan fingerprint density at radius 3 is 2.10 bits per heavy atom. The molecule has 2 fully saturated rings. The molecular weight excluding hydrogens is 545 g/mol. The van der Waals surface area contributed by atoms with Gasteiger partial charge in [-0.25, -0.2) is 4.79 Å². The van der Waals surface area contributed by atoms with Crippen molar-refractivity contribution >= 4 is 22.9 Å². The molecule has 0 unspecified atom stereocenters. The molecule has 0 atom stereocenters. The molecule has 7 nitrogen and oxygen atoms in total. The lowest BCUT2D eigenvalue weighted by Crippen LogP contribution is -2.48. The predicted molar refractivity (Wildman–Crippen MR) is 155 cm³/mol. The molecule has 0 saturated carbocycles. The monoisotopic (exact) mass is 584 g/mol. The first-order chi connectivity index (χ1) is 19.8. The predicted octanol–water partition coefficient (Wildman–Crippen LogP) is 6.27. The molecule has 226 valence electrons. The lowest BCUT2D eigenvalue weighted by Gasteiger charge is -2.34. The number of likely N-dealkylation sites (tertiary alicyclic amines) is 1. The topological polar surface area (TPSA) is 58.0 Å². The molecule has 0 bridgehead atoms. The van der Waals surface area contributed by atoms with Crippen LogP contribution in [-0.4, -0.2) is 76.1 Å². The number of benzene rings is 2. The highest BCUT2D eigenvalue weighted by atomic mass is 19.4. The average molecular weight is 585 g/mol. The summed E-state index contributed by atoms with van der Waals surface area (Å²) in [5.41, 5.74) is 2.52. The molecule has 0 N–H and O–H groups in total. The summed E-state index contributed by atoms with van der Waals surface area (Å²) in [6.07, 6.45) is -2.88. The van der Waals surface area contributed by atoms with Crippen LogP contribution in [0, 0.1) is 0 Å². The molecule has 0 radical (unpaired) electrons. The number of alkyl halides is 3. The van der Waals surface area contributed by atoms with Crippen LogP contribution in [0.3, 0.4) is 0 Å². The molecule has 3 aromatic rings. The zero-order chi connectivity index (χ0) is 30.2. The molecule has 2 amide bonds. The minimum Gasteiger partial charge on any atom is -0.444 e. The van der Waals surface area contributed by atoms with Crippen LogP contribution in [0.25, 0.3) is 10.9 Å². The Kier molecular flexibility index (Phi) is 8.29. The summed E-state index contributed by atoms with van der Waals surface area (Å²) < 4.78 is 46.0. The van der Waals surface area contributed by atoms with E-state index in [9.17, 15) is 22.8 Å². The van der Waals surface area contributed by atoms with E-state index in [0.29, 0.717) is 57.4 Å². The maximum Gasteiger partial charge on any atom is 0.416 e. The molecule has 1 aromatic heterocycles. The maximum atomic E-state index is 13.5. The van der Waals surface area contributed by atoms with Gasteiger partial charge in [0.25, 0.3) is 5.91 Å². The fraction of sp³-hybridized carbons (Fsp3) is 0.500. The minimum absolute atomic E-state index is 0.0184. The highest BCUT2D eigenvalue weighted by Crippen LogP contribution is 2.32. The number of ether oxygens (including phenoxy) is 1. The van der Waals surface area contributed by atoms with Gasteiger partial charge in [-0.3, -0.25) is 9.69 Å². The molecule has 10 heteroatoms. The number of fused-ring (bicyclic) bond motifs is 1. The number of hydrogen-bond donors (Lipinski definition) is 0. The average Bonchev–Trinajstić information content (AvgIpc) is 3.27. The zero-order valence-electron chi connectivity index (χ0n) is 24.7. The second-order valence-electron chi connectivity index (χ2n) is 12.4. The molecule has 2 aromatic carbocycles. The van der Waals surface area contributed by atoms with Crippen molar-refractivity contribution in [3.63, 3.8) is 0 Å². The normalized spacial score (nSPS) is 17.6. The van der Waals surface area contributed by atoms with E-state index in [-0.39, 0.29) is 12.0 Å².